The third kappa shape index (κ3) is 4.87. The SMILES string of the molecule is C=CCC(C)CC(=O)NS(=O)(=O)c1ccc(C)cc1. The lowest BCUT2D eigenvalue weighted by Crippen LogP contribution is -2.31. The first-order valence-electron chi connectivity index (χ1n) is 6.08. The lowest BCUT2D eigenvalue weighted by Gasteiger charge is -2.10. The van der Waals surface area contributed by atoms with E-state index in [0.717, 1.165) is 5.56 Å². The molecule has 1 amide bonds. The molecule has 0 saturated carbocycles. The van der Waals surface area contributed by atoms with E-state index >= 15 is 0 Å². The summed E-state index contributed by atoms with van der Waals surface area (Å²) in [4.78, 5) is 11.8. The van der Waals surface area contributed by atoms with Crippen molar-refractivity contribution in [2.45, 2.75) is 31.6 Å². The van der Waals surface area contributed by atoms with E-state index in [1.165, 1.54) is 12.1 Å². The summed E-state index contributed by atoms with van der Waals surface area (Å²) in [6.07, 6.45) is 2.56. The number of amides is 1. The summed E-state index contributed by atoms with van der Waals surface area (Å²) in [6, 6.07) is 6.36. The number of benzene rings is 1. The molecule has 0 bridgehead atoms. The predicted molar refractivity (Wildman–Crippen MR) is 75.1 cm³/mol. The molecule has 0 spiro atoms. The van der Waals surface area contributed by atoms with Gasteiger partial charge in [0.05, 0.1) is 4.90 Å². The van der Waals surface area contributed by atoms with Crippen molar-refractivity contribution in [2.24, 2.45) is 5.92 Å². The number of hydrogen-bond donors (Lipinski definition) is 1. The van der Waals surface area contributed by atoms with Crippen molar-refractivity contribution in [3.63, 3.8) is 0 Å². The fraction of sp³-hybridized carbons (Fsp3) is 0.357. The molecule has 1 N–H and O–H groups in total. The third-order valence-electron chi connectivity index (χ3n) is 2.68. The Kier molecular flexibility index (Phi) is 5.30. The predicted octanol–water partition coefficient (Wildman–Crippen LogP) is 2.40. The lowest BCUT2D eigenvalue weighted by atomic mass is 10.0. The van der Waals surface area contributed by atoms with Gasteiger partial charge in [0.25, 0.3) is 10.0 Å². The van der Waals surface area contributed by atoms with Gasteiger partial charge in [-0.3, -0.25) is 4.79 Å². The van der Waals surface area contributed by atoms with Crippen molar-refractivity contribution in [3.8, 4) is 0 Å². The van der Waals surface area contributed by atoms with Crippen LogP contribution in [-0.4, -0.2) is 14.3 Å². The molecule has 1 unspecified atom stereocenters. The molecule has 5 heteroatoms. The van der Waals surface area contributed by atoms with E-state index in [1.54, 1.807) is 18.2 Å². The minimum absolute atomic E-state index is 0.0747. The number of rotatable bonds is 6. The van der Waals surface area contributed by atoms with E-state index in [2.05, 4.69) is 11.3 Å². The van der Waals surface area contributed by atoms with Gasteiger partial charge < -0.3 is 0 Å². The second kappa shape index (κ2) is 6.52. The first-order chi connectivity index (χ1) is 8.85. The summed E-state index contributed by atoms with van der Waals surface area (Å²) in [7, 11) is -3.76. The molecule has 4 nitrogen and oxygen atoms in total. The summed E-state index contributed by atoms with van der Waals surface area (Å²) < 4.78 is 26.0. The van der Waals surface area contributed by atoms with Gasteiger partial charge in [0, 0.05) is 6.42 Å². The van der Waals surface area contributed by atoms with Crippen molar-refractivity contribution < 1.29 is 13.2 Å². The van der Waals surface area contributed by atoms with Crippen molar-refractivity contribution in [1.29, 1.82) is 0 Å². The van der Waals surface area contributed by atoms with E-state index in [1.807, 2.05) is 13.8 Å². The molecule has 1 aromatic carbocycles. The monoisotopic (exact) mass is 281 g/mol. The molecule has 0 fully saturated rings. The van der Waals surface area contributed by atoms with Crippen LogP contribution in [0.15, 0.2) is 41.8 Å². The van der Waals surface area contributed by atoms with Crippen molar-refractivity contribution >= 4 is 15.9 Å². The fourth-order valence-corrected chi connectivity index (χ4v) is 2.65. The number of allylic oxidation sites excluding steroid dienone is 1. The van der Waals surface area contributed by atoms with Crippen LogP contribution < -0.4 is 4.72 Å². The number of carbonyl (C=O) groups excluding carboxylic acids is 1. The maximum absolute atomic E-state index is 11.9. The Hall–Kier alpha value is -1.62. The first-order valence-corrected chi connectivity index (χ1v) is 7.56. The highest BCUT2D eigenvalue weighted by Crippen LogP contribution is 2.12. The molecule has 0 aliphatic rings. The van der Waals surface area contributed by atoms with Crippen LogP contribution in [0.25, 0.3) is 0 Å². The molecule has 0 saturated heterocycles. The Balaban J connectivity index is 2.72. The van der Waals surface area contributed by atoms with Crippen molar-refractivity contribution in [2.75, 3.05) is 0 Å². The lowest BCUT2D eigenvalue weighted by molar-refractivity contribution is -0.120. The molecule has 0 aromatic heterocycles. The standard InChI is InChI=1S/C14H19NO3S/c1-4-5-12(3)10-14(16)15-19(17,18)13-8-6-11(2)7-9-13/h4,6-9,12H,1,5,10H2,2-3H3,(H,15,16). The molecule has 0 aliphatic carbocycles. The average Bonchev–Trinajstić information content (AvgIpc) is 2.28. The fourth-order valence-electron chi connectivity index (χ4n) is 1.65. The van der Waals surface area contributed by atoms with Gasteiger partial charge in [0.2, 0.25) is 5.91 Å². The maximum atomic E-state index is 11.9. The van der Waals surface area contributed by atoms with Crippen LogP contribution in [-0.2, 0) is 14.8 Å². The van der Waals surface area contributed by atoms with Crippen LogP contribution in [0.4, 0.5) is 0 Å². The largest absolute Gasteiger partial charge is 0.274 e. The highest BCUT2D eigenvalue weighted by Gasteiger charge is 2.18. The molecular weight excluding hydrogens is 262 g/mol. The first kappa shape index (κ1) is 15.4. The smallest absolute Gasteiger partial charge is 0.264 e. The quantitative estimate of drug-likeness (QED) is 0.814. The molecule has 1 atom stereocenters. The van der Waals surface area contributed by atoms with Crippen LogP contribution in [0.1, 0.15) is 25.3 Å². The number of sulfonamides is 1. The van der Waals surface area contributed by atoms with Crippen LogP contribution >= 0.6 is 0 Å². The zero-order chi connectivity index (χ0) is 14.5. The number of aryl methyl sites for hydroxylation is 1. The second-order valence-corrected chi connectivity index (χ2v) is 6.36. The van der Waals surface area contributed by atoms with Crippen LogP contribution in [0.2, 0.25) is 0 Å². The van der Waals surface area contributed by atoms with Gasteiger partial charge in [-0.1, -0.05) is 30.7 Å². The molecular formula is C14H19NO3S. The van der Waals surface area contributed by atoms with Gasteiger partial charge in [0.1, 0.15) is 0 Å². The Morgan fingerprint density at radius 1 is 1.37 bits per heavy atom. The maximum Gasteiger partial charge on any atom is 0.264 e. The van der Waals surface area contributed by atoms with Gasteiger partial charge in [-0.15, -0.1) is 6.58 Å². The topological polar surface area (TPSA) is 63.2 Å². The molecule has 104 valence electrons. The van der Waals surface area contributed by atoms with Gasteiger partial charge in [-0.25, -0.2) is 13.1 Å². The van der Waals surface area contributed by atoms with Gasteiger partial charge in [0.15, 0.2) is 0 Å². The van der Waals surface area contributed by atoms with Gasteiger partial charge in [-0.05, 0) is 31.4 Å². The van der Waals surface area contributed by atoms with Crippen LogP contribution in [0.3, 0.4) is 0 Å². The molecule has 0 radical (unpaired) electrons. The van der Waals surface area contributed by atoms with E-state index in [4.69, 9.17) is 0 Å². The molecule has 0 heterocycles. The number of hydrogen-bond acceptors (Lipinski definition) is 3. The highest BCUT2D eigenvalue weighted by molar-refractivity contribution is 7.90. The normalized spacial score (nSPS) is 12.7. The van der Waals surface area contributed by atoms with Crippen LogP contribution in [0, 0.1) is 12.8 Å². The molecule has 0 aliphatic heterocycles. The average molecular weight is 281 g/mol. The summed E-state index contributed by atoms with van der Waals surface area (Å²) in [5.41, 5.74) is 0.963. The molecule has 19 heavy (non-hydrogen) atoms. The Bertz CT molecular complexity index is 547. The molecule has 1 aromatic rings. The summed E-state index contributed by atoms with van der Waals surface area (Å²) in [6.45, 7) is 7.33. The minimum Gasteiger partial charge on any atom is -0.274 e. The van der Waals surface area contributed by atoms with Gasteiger partial charge in [-0.2, -0.15) is 0 Å². The van der Waals surface area contributed by atoms with E-state index < -0.39 is 15.9 Å². The highest BCUT2D eigenvalue weighted by atomic mass is 32.2. The zero-order valence-corrected chi connectivity index (χ0v) is 12.0. The number of carbonyl (C=O) groups is 1. The minimum atomic E-state index is -3.76. The second-order valence-electron chi connectivity index (χ2n) is 4.68. The van der Waals surface area contributed by atoms with E-state index in [0.29, 0.717) is 6.42 Å². The Morgan fingerprint density at radius 3 is 2.47 bits per heavy atom. The van der Waals surface area contributed by atoms with E-state index in [9.17, 15) is 13.2 Å². The van der Waals surface area contributed by atoms with Gasteiger partial charge >= 0.3 is 0 Å². The summed E-state index contributed by atoms with van der Waals surface area (Å²) >= 11 is 0. The van der Waals surface area contributed by atoms with Crippen LogP contribution in [0.5, 0.6) is 0 Å². The third-order valence-corrected chi connectivity index (χ3v) is 4.07. The van der Waals surface area contributed by atoms with Crippen molar-refractivity contribution in [3.05, 3.63) is 42.5 Å². The summed E-state index contributed by atoms with van der Waals surface area (Å²) in [5, 5.41) is 0. The zero-order valence-electron chi connectivity index (χ0n) is 11.2. The van der Waals surface area contributed by atoms with Crippen molar-refractivity contribution in [1.82, 2.24) is 4.72 Å². The summed E-state index contributed by atoms with van der Waals surface area (Å²) in [5.74, 6) is -0.416. The number of nitrogens with one attached hydrogen (secondary N) is 1. The molecule has 1 rings (SSSR count). The Morgan fingerprint density at radius 2 is 1.95 bits per heavy atom. The van der Waals surface area contributed by atoms with E-state index in [-0.39, 0.29) is 17.2 Å². The Labute approximate surface area is 114 Å².